The first-order valence-corrected chi connectivity index (χ1v) is 2.88. The molecule has 1 amide bonds. The number of nitriles is 1. The van der Waals surface area contributed by atoms with Crippen LogP contribution in [-0.2, 0) is 4.79 Å². The Bertz CT molecular complexity index is 176. The van der Waals surface area contributed by atoms with E-state index < -0.39 is 5.54 Å². The van der Waals surface area contributed by atoms with E-state index in [2.05, 4.69) is 11.4 Å². The van der Waals surface area contributed by atoms with E-state index in [4.69, 9.17) is 5.26 Å². The van der Waals surface area contributed by atoms with Gasteiger partial charge in [0.15, 0.2) is 0 Å². The van der Waals surface area contributed by atoms with Gasteiger partial charge < -0.3 is 5.32 Å². The topological polar surface area (TPSA) is 52.9 Å². The first-order chi connectivity index (χ1) is 4.18. The van der Waals surface area contributed by atoms with Crippen molar-refractivity contribution in [1.29, 1.82) is 5.26 Å². The van der Waals surface area contributed by atoms with Crippen molar-refractivity contribution in [3.05, 3.63) is 0 Å². The minimum Gasteiger partial charge on any atom is -0.338 e. The molecule has 0 spiro atoms. The van der Waals surface area contributed by atoms with Crippen molar-refractivity contribution in [2.75, 3.05) is 0 Å². The summed E-state index contributed by atoms with van der Waals surface area (Å²) in [6, 6.07) is 2.05. The van der Waals surface area contributed by atoms with Crippen LogP contribution in [0.4, 0.5) is 0 Å². The predicted molar refractivity (Wildman–Crippen MR) is 31.4 cm³/mol. The zero-order chi connectivity index (χ0) is 6.91. The van der Waals surface area contributed by atoms with Crippen molar-refractivity contribution in [1.82, 2.24) is 5.32 Å². The molecular weight excluding hydrogens is 116 g/mol. The van der Waals surface area contributed by atoms with Gasteiger partial charge in [-0.3, -0.25) is 4.79 Å². The van der Waals surface area contributed by atoms with Gasteiger partial charge in [-0.2, -0.15) is 5.26 Å². The van der Waals surface area contributed by atoms with E-state index >= 15 is 0 Å². The molecule has 1 saturated carbocycles. The maximum absolute atomic E-state index is 10.4. The minimum absolute atomic E-state index is 0.117. The molecule has 0 atom stereocenters. The highest BCUT2D eigenvalue weighted by molar-refractivity contribution is 5.75. The summed E-state index contributed by atoms with van der Waals surface area (Å²) in [5, 5.41) is 11.0. The summed E-state index contributed by atoms with van der Waals surface area (Å²) in [6.07, 6.45) is 1.62. The maximum Gasteiger partial charge on any atom is 0.218 e. The SMILES string of the molecule is CC(=O)NC1(C#N)CC1. The third-order valence-corrected chi connectivity index (χ3v) is 1.38. The highest BCUT2D eigenvalue weighted by Gasteiger charge is 2.43. The first kappa shape index (κ1) is 6.09. The lowest BCUT2D eigenvalue weighted by molar-refractivity contribution is -0.119. The number of nitrogens with one attached hydrogen (secondary N) is 1. The molecule has 48 valence electrons. The molecule has 0 aromatic heterocycles. The van der Waals surface area contributed by atoms with Gasteiger partial charge in [-0.25, -0.2) is 0 Å². The Kier molecular flexibility index (Phi) is 1.17. The average Bonchev–Trinajstić information content (AvgIpc) is 2.48. The van der Waals surface area contributed by atoms with Crippen LogP contribution >= 0.6 is 0 Å². The molecule has 1 rings (SSSR count). The number of rotatable bonds is 1. The number of nitrogens with zero attached hydrogens (tertiary/aromatic N) is 1. The third kappa shape index (κ3) is 1.20. The van der Waals surface area contributed by atoms with E-state index in [1.807, 2.05) is 0 Å². The Labute approximate surface area is 53.7 Å². The Morgan fingerprint density at radius 1 is 1.78 bits per heavy atom. The van der Waals surface area contributed by atoms with Gasteiger partial charge in [-0.15, -0.1) is 0 Å². The van der Waals surface area contributed by atoms with Crippen LogP contribution in [0.2, 0.25) is 0 Å². The van der Waals surface area contributed by atoms with E-state index in [0.29, 0.717) is 0 Å². The molecule has 0 radical (unpaired) electrons. The van der Waals surface area contributed by atoms with E-state index in [1.165, 1.54) is 6.92 Å². The lowest BCUT2D eigenvalue weighted by Crippen LogP contribution is -2.33. The van der Waals surface area contributed by atoms with E-state index in [9.17, 15) is 4.79 Å². The molecule has 1 aliphatic rings. The average molecular weight is 124 g/mol. The number of carbonyl (C=O) groups excluding carboxylic acids is 1. The third-order valence-electron chi connectivity index (χ3n) is 1.38. The van der Waals surface area contributed by atoms with Gasteiger partial charge in [0.2, 0.25) is 5.91 Å². The van der Waals surface area contributed by atoms with Crippen LogP contribution in [0.3, 0.4) is 0 Å². The normalized spacial score (nSPS) is 20.0. The standard InChI is InChI=1S/C6H8N2O/c1-5(9)8-6(4-7)2-3-6/h2-3H2,1H3,(H,8,9). The van der Waals surface area contributed by atoms with Crippen molar-refractivity contribution in [3.63, 3.8) is 0 Å². The van der Waals surface area contributed by atoms with E-state index in [0.717, 1.165) is 12.8 Å². The monoisotopic (exact) mass is 124 g/mol. The highest BCUT2D eigenvalue weighted by atomic mass is 16.1. The Morgan fingerprint density at radius 3 is 2.44 bits per heavy atom. The van der Waals surface area contributed by atoms with Gasteiger partial charge >= 0.3 is 0 Å². The molecule has 0 aromatic rings. The lowest BCUT2D eigenvalue weighted by Gasteiger charge is -2.03. The lowest BCUT2D eigenvalue weighted by atomic mass is 10.3. The second-order valence-electron chi connectivity index (χ2n) is 2.38. The molecule has 3 nitrogen and oxygen atoms in total. The summed E-state index contributed by atoms with van der Waals surface area (Å²) in [4.78, 5) is 10.4. The molecule has 0 aliphatic heterocycles. The van der Waals surface area contributed by atoms with Crippen LogP contribution in [0.15, 0.2) is 0 Å². The van der Waals surface area contributed by atoms with E-state index in [1.54, 1.807) is 0 Å². The van der Waals surface area contributed by atoms with Crippen LogP contribution < -0.4 is 5.32 Å². The molecule has 0 saturated heterocycles. The summed E-state index contributed by atoms with van der Waals surface area (Å²) >= 11 is 0. The predicted octanol–water partition coefficient (Wildman–Crippen LogP) is 0.179. The van der Waals surface area contributed by atoms with Crippen molar-refractivity contribution in [3.8, 4) is 6.07 Å². The van der Waals surface area contributed by atoms with Crippen LogP contribution in [-0.4, -0.2) is 11.4 Å². The molecule has 0 bridgehead atoms. The first-order valence-electron chi connectivity index (χ1n) is 2.88. The molecule has 1 aliphatic carbocycles. The van der Waals surface area contributed by atoms with Crippen molar-refractivity contribution in [2.24, 2.45) is 0 Å². The summed E-state index contributed by atoms with van der Waals surface area (Å²) in [7, 11) is 0. The van der Waals surface area contributed by atoms with Gasteiger partial charge in [-0.1, -0.05) is 0 Å². The smallest absolute Gasteiger partial charge is 0.218 e. The van der Waals surface area contributed by atoms with Gasteiger partial charge in [-0.05, 0) is 12.8 Å². The zero-order valence-electron chi connectivity index (χ0n) is 5.27. The summed E-state index contributed by atoms with van der Waals surface area (Å²) in [6.45, 7) is 1.43. The number of amides is 1. The number of hydrogen-bond acceptors (Lipinski definition) is 2. The second kappa shape index (κ2) is 1.73. The fourth-order valence-corrected chi connectivity index (χ4v) is 0.727. The van der Waals surface area contributed by atoms with Crippen molar-refractivity contribution >= 4 is 5.91 Å². The Balaban J connectivity index is 2.45. The largest absolute Gasteiger partial charge is 0.338 e. The zero-order valence-corrected chi connectivity index (χ0v) is 5.27. The quantitative estimate of drug-likeness (QED) is 0.542. The molecular formula is C6H8N2O. The number of hydrogen-bond donors (Lipinski definition) is 1. The van der Waals surface area contributed by atoms with Crippen molar-refractivity contribution in [2.45, 2.75) is 25.3 Å². The molecule has 1 fully saturated rings. The molecule has 9 heavy (non-hydrogen) atoms. The van der Waals surface area contributed by atoms with Gasteiger partial charge in [0.05, 0.1) is 6.07 Å². The van der Waals surface area contributed by atoms with Gasteiger partial charge in [0.1, 0.15) is 5.54 Å². The van der Waals surface area contributed by atoms with Crippen LogP contribution in [0.25, 0.3) is 0 Å². The Morgan fingerprint density at radius 2 is 2.33 bits per heavy atom. The fourth-order valence-electron chi connectivity index (χ4n) is 0.727. The summed E-state index contributed by atoms with van der Waals surface area (Å²) in [5.41, 5.74) is -0.480. The summed E-state index contributed by atoms with van der Waals surface area (Å²) in [5.74, 6) is -0.117. The van der Waals surface area contributed by atoms with Crippen LogP contribution in [0.1, 0.15) is 19.8 Å². The maximum atomic E-state index is 10.4. The molecule has 1 N–H and O–H groups in total. The highest BCUT2D eigenvalue weighted by Crippen LogP contribution is 2.33. The van der Waals surface area contributed by atoms with Crippen LogP contribution in [0, 0.1) is 11.3 Å². The molecule has 0 unspecified atom stereocenters. The molecule has 0 heterocycles. The van der Waals surface area contributed by atoms with Crippen LogP contribution in [0.5, 0.6) is 0 Å². The van der Waals surface area contributed by atoms with Crippen molar-refractivity contribution < 1.29 is 4.79 Å². The molecule has 3 heteroatoms. The fraction of sp³-hybridized carbons (Fsp3) is 0.667. The minimum atomic E-state index is -0.480. The number of carbonyl (C=O) groups is 1. The van der Waals surface area contributed by atoms with Gasteiger partial charge in [0, 0.05) is 6.92 Å². The van der Waals surface area contributed by atoms with E-state index in [-0.39, 0.29) is 5.91 Å². The van der Waals surface area contributed by atoms with Gasteiger partial charge in [0.25, 0.3) is 0 Å². The Hall–Kier alpha value is -1.04. The summed E-state index contributed by atoms with van der Waals surface area (Å²) < 4.78 is 0. The molecule has 0 aromatic carbocycles. The second-order valence-corrected chi connectivity index (χ2v) is 2.38.